The quantitative estimate of drug-likeness (QED) is 0.600. The molecular formula is C17H14ClN7O. The Morgan fingerprint density at radius 3 is 2.77 bits per heavy atom. The summed E-state index contributed by atoms with van der Waals surface area (Å²) >= 11 is 6.17. The van der Waals surface area contributed by atoms with E-state index in [0.29, 0.717) is 28.2 Å². The second-order valence-electron chi connectivity index (χ2n) is 5.22. The fourth-order valence-electron chi connectivity index (χ4n) is 2.11. The Morgan fingerprint density at radius 2 is 2.04 bits per heavy atom. The minimum Gasteiger partial charge on any atom is -0.339 e. The smallest absolute Gasteiger partial charge is 0.300 e. The van der Waals surface area contributed by atoms with Crippen molar-refractivity contribution in [3.63, 3.8) is 0 Å². The Morgan fingerprint density at radius 1 is 1.23 bits per heavy atom. The van der Waals surface area contributed by atoms with Gasteiger partial charge in [0.2, 0.25) is 5.95 Å². The van der Waals surface area contributed by atoms with Gasteiger partial charge in [-0.25, -0.2) is 4.98 Å². The van der Waals surface area contributed by atoms with Crippen LogP contribution in [0, 0.1) is 12.3 Å². The lowest BCUT2D eigenvalue weighted by Gasteiger charge is -2.10. The fourth-order valence-corrected chi connectivity index (χ4v) is 2.25. The number of carbonyl (C=O) groups excluding carboxylic acids is 1. The van der Waals surface area contributed by atoms with E-state index in [9.17, 15) is 4.79 Å². The van der Waals surface area contributed by atoms with Crippen LogP contribution in [0.1, 0.15) is 0 Å². The molecule has 0 saturated heterocycles. The van der Waals surface area contributed by atoms with E-state index in [1.54, 1.807) is 41.3 Å². The van der Waals surface area contributed by atoms with Crippen LogP contribution in [-0.4, -0.2) is 25.7 Å². The van der Waals surface area contributed by atoms with Gasteiger partial charge in [0.1, 0.15) is 5.02 Å². The Hall–Kier alpha value is -3.57. The Balaban J connectivity index is 1.79. The van der Waals surface area contributed by atoms with Crippen LogP contribution >= 0.6 is 11.6 Å². The minimum absolute atomic E-state index is 0.347. The second kappa shape index (κ2) is 7.55. The lowest BCUT2D eigenvalue weighted by atomic mass is 10.2. The third-order valence-electron chi connectivity index (χ3n) is 3.22. The van der Waals surface area contributed by atoms with E-state index >= 15 is 0 Å². The molecule has 0 atom stereocenters. The highest BCUT2D eigenvalue weighted by Gasteiger charge is 2.08. The molecule has 0 bridgehead atoms. The Kier molecular flexibility index (Phi) is 5.01. The number of carbonyl (C=O) groups is 1. The second-order valence-corrected chi connectivity index (χ2v) is 5.63. The molecule has 2 heterocycles. The molecular weight excluding hydrogens is 354 g/mol. The summed E-state index contributed by atoms with van der Waals surface area (Å²) in [5.74, 6) is 2.25. The summed E-state index contributed by atoms with van der Waals surface area (Å²) in [4.78, 5) is 19.8. The van der Waals surface area contributed by atoms with Gasteiger partial charge in [-0.3, -0.25) is 9.48 Å². The van der Waals surface area contributed by atoms with Crippen molar-refractivity contribution in [2.75, 3.05) is 16.0 Å². The first-order chi connectivity index (χ1) is 12.5. The lowest BCUT2D eigenvalue weighted by Crippen LogP contribution is -2.08. The average molecular weight is 368 g/mol. The Bertz CT molecular complexity index is 993. The molecule has 0 unspecified atom stereocenters. The summed E-state index contributed by atoms with van der Waals surface area (Å²) in [7, 11) is 1.81. The van der Waals surface area contributed by atoms with Gasteiger partial charge in [0.05, 0.1) is 18.1 Å². The molecule has 0 fully saturated rings. The summed E-state index contributed by atoms with van der Waals surface area (Å²) in [6.07, 6.45) is 9.99. The van der Waals surface area contributed by atoms with Crippen LogP contribution in [0.25, 0.3) is 0 Å². The van der Waals surface area contributed by atoms with Gasteiger partial charge >= 0.3 is 0 Å². The minimum atomic E-state index is -0.523. The zero-order chi connectivity index (χ0) is 18.5. The van der Waals surface area contributed by atoms with Crippen LogP contribution in [0.15, 0.2) is 42.9 Å². The molecule has 0 radical (unpaired) electrons. The maximum absolute atomic E-state index is 11.3. The SMILES string of the molecule is C#CC(=O)Nc1cccc(Nc2nc(Nc3cnn(C)c3)ncc2Cl)c1. The van der Waals surface area contributed by atoms with Gasteiger partial charge in [0, 0.05) is 24.6 Å². The highest BCUT2D eigenvalue weighted by atomic mass is 35.5. The number of amides is 1. The lowest BCUT2D eigenvalue weighted by molar-refractivity contribution is -0.111. The molecule has 9 heteroatoms. The van der Waals surface area contributed by atoms with Gasteiger partial charge in [-0.1, -0.05) is 17.7 Å². The summed E-state index contributed by atoms with van der Waals surface area (Å²) in [6.45, 7) is 0. The topological polar surface area (TPSA) is 96.8 Å². The van der Waals surface area contributed by atoms with E-state index in [1.807, 2.05) is 13.0 Å². The van der Waals surface area contributed by atoms with Crippen molar-refractivity contribution in [2.24, 2.45) is 7.05 Å². The molecule has 8 nitrogen and oxygen atoms in total. The van der Waals surface area contributed by atoms with Gasteiger partial charge in [-0.05, 0) is 24.1 Å². The molecule has 3 rings (SSSR count). The van der Waals surface area contributed by atoms with Gasteiger partial charge in [-0.15, -0.1) is 6.42 Å². The average Bonchev–Trinajstić information content (AvgIpc) is 3.03. The van der Waals surface area contributed by atoms with Crippen molar-refractivity contribution in [3.05, 3.63) is 47.9 Å². The van der Waals surface area contributed by atoms with E-state index in [-0.39, 0.29) is 0 Å². The van der Waals surface area contributed by atoms with Crippen molar-refractivity contribution in [1.29, 1.82) is 0 Å². The summed E-state index contributed by atoms with van der Waals surface area (Å²) < 4.78 is 1.66. The third-order valence-corrected chi connectivity index (χ3v) is 3.50. The van der Waals surface area contributed by atoms with E-state index in [2.05, 4.69) is 31.0 Å². The number of rotatable bonds is 5. The first-order valence-corrected chi connectivity index (χ1v) is 7.84. The number of benzene rings is 1. The summed E-state index contributed by atoms with van der Waals surface area (Å²) in [5.41, 5.74) is 1.98. The van der Waals surface area contributed by atoms with E-state index in [1.165, 1.54) is 6.20 Å². The number of hydrogen-bond acceptors (Lipinski definition) is 6. The highest BCUT2D eigenvalue weighted by molar-refractivity contribution is 6.32. The number of nitrogens with one attached hydrogen (secondary N) is 3. The normalized spacial score (nSPS) is 10.0. The van der Waals surface area contributed by atoms with Crippen LogP contribution in [0.2, 0.25) is 5.02 Å². The van der Waals surface area contributed by atoms with Gasteiger partial charge in [0.15, 0.2) is 5.82 Å². The number of anilines is 5. The maximum Gasteiger partial charge on any atom is 0.300 e. The Labute approximate surface area is 154 Å². The number of aromatic nitrogens is 4. The van der Waals surface area contributed by atoms with Crippen LogP contribution in [0.3, 0.4) is 0 Å². The molecule has 130 valence electrons. The van der Waals surface area contributed by atoms with Crippen molar-refractivity contribution in [3.8, 4) is 12.3 Å². The predicted octanol–water partition coefficient (Wildman–Crippen LogP) is 2.92. The molecule has 3 aromatic rings. The monoisotopic (exact) mass is 367 g/mol. The van der Waals surface area contributed by atoms with Crippen LogP contribution in [0.5, 0.6) is 0 Å². The van der Waals surface area contributed by atoms with Crippen LogP contribution in [0.4, 0.5) is 28.8 Å². The van der Waals surface area contributed by atoms with Gasteiger partial charge in [-0.2, -0.15) is 10.1 Å². The molecule has 0 aliphatic rings. The van der Waals surface area contributed by atoms with E-state index < -0.39 is 5.91 Å². The summed E-state index contributed by atoms with van der Waals surface area (Å²) in [5, 5.41) is 13.1. The fraction of sp³-hybridized carbons (Fsp3) is 0.0588. The number of terminal acetylenes is 1. The van der Waals surface area contributed by atoms with E-state index in [0.717, 1.165) is 5.69 Å². The molecule has 3 N–H and O–H groups in total. The molecule has 1 amide bonds. The molecule has 1 aromatic carbocycles. The molecule has 0 saturated carbocycles. The largest absolute Gasteiger partial charge is 0.339 e. The number of halogens is 1. The first kappa shape index (κ1) is 17.3. The number of nitrogens with zero attached hydrogens (tertiary/aromatic N) is 4. The summed E-state index contributed by atoms with van der Waals surface area (Å²) in [6, 6.07) is 7.00. The standard InChI is InChI=1S/C17H14ClN7O/c1-3-15(26)21-11-5-4-6-12(7-11)22-16-14(18)9-19-17(24-16)23-13-8-20-25(2)10-13/h1,4-10H,2H3,(H,21,26)(H2,19,22,23,24). The highest BCUT2D eigenvalue weighted by Crippen LogP contribution is 2.26. The third kappa shape index (κ3) is 4.28. The molecule has 26 heavy (non-hydrogen) atoms. The van der Waals surface area contributed by atoms with Crippen molar-refractivity contribution in [2.45, 2.75) is 0 Å². The van der Waals surface area contributed by atoms with Crippen LogP contribution in [-0.2, 0) is 11.8 Å². The van der Waals surface area contributed by atoms with Gasteiger partial charge in [0.25, 0.3) is 5.91 Å². The number of aryl methyl sites for hydroxylation is 1. The number of hydrogen-bond donors (Lipinski definition) is 3. The van der Waals surface area contributed by atoms with E-state index in [4.69, 9.17) is 18.0 Å². The molecule has 0 aliphatic heterocycles. The van der Waals surface area contributed by atoms with Crippen molar-refractivity contribution < 1.29 is 4.79 Å². The predicted molar refractivity (Wildman–Crippen MR) is 101 cm³/mol. The first-order valence-electron chi connectivity index (χ1n) is 7.46. The van der Waals surface area contributed by atoms with Crippen molar-refractivity contribution in [1.82, 2.24) is 19.7 Å². The molecule has 0 spiro atoms. The van der Waals surface area contributed by atoms with Crippen molar-refractivity contribution >= 4 is 46.3 Å². The zero-order valence-electron chi connectivity index (χ0n) is 13.7. The molecule has 2 aromatic heterocycles. The van der Waals surface area contributed by atoms with Crippen LogP contribution < -0.4 is 16.0 Å². The zero-order valence-corrected chi connectivity index (χ0v) is 14.4. The molecule has 0 aliphatic carbocycles. The van der Waals surface area contributed by atoms with Gasteiger partial charge < -0.3 is 16.0 Å². The maximum atomic E-state index is 11.3.